The molecular formula is C17H16Cl2N2O2S. The van der Waals surface area contributed by atoms with Crippen molar-refractivity contribution in [1.82, 2.24) is 0 Å². The second-order valence-electron chi connectivity index (χ2n) is 5.31. The third kappa shape index (κ3) is 4.44. The molecule has 0 aromatic heterocycles. The van der Waals surface area contributed by atoms with Gasteiger partial charge in [0.15, 0.2) is 0 Å². The number of nitrogens with one attached hydrogen (secondary N) is 2. The largest absolute Gasteiger partial charge is 0.323 e. The van der Waals surface area contributed by atoms with Gasteiger partial charge in [-0.2, -0.15) is 0 Å². The Labute approximate surface area is 154 Å². The van der Waals surface area contributed by atoms with Crippen molar-refractivity contribution in [2.75, 3.05) is 10.6 Å². The summed E-state index contributed by atoms with van der Waals surface area (Å²) in [6.45, 7) is 3.86. The van der Waals surface area contributed by atoms with Crippen LogP contribution in [0.3, 0.4) is 0 Å². The van der Waals surface area contributed by atoms with Gasteiger partial charge in [-0.05, 0) is 59.8 Å². The van der Waals surface area contributed by atoms with Crippen LogP contribution in [0.2, 0.25) is 0 Å². The summed E-state index contributed by atoms with van der Waals surface area (Å²) in [5.74, 6) is -1.42. The molecule has 2 N–H and O–H groups in total. The molecular weight excluding hydrogens is 367 g/mol. The van der Waals surface area contributed by atoms with Gasteiger partial charge in [0.05, 0.1) is 0 Å². The second kappa shape index (κ2) is 7.92. The van der Waals surface area contributed by atoms with Crippen LogP contribution in [0.1, 0.15) is 11.1 Å². The van der Waals surface area contributed by atoms with Gasteiger partial charge in [-0.1, -0.05) is 47.0 Å². The summed E-state index contributed by atoms with van der Waals surface area (Å²) < 4.78 is -1.99. The van der Waals surface area contributed by atoms with Crippen LogP contribution >= 0.6 is 33.3 Å². The number of hydrogen-bond acceptors (Lipinski definition) is 3. The van der Waals surface area contributed by atoms with Crippen molar-refractivity contribution in [3.05, 3.63) is 59.7 Å². The monoisotopic (exact) mass is 382 g/mol. The number of hydrogen-bond donors (Lipinski definition) is 2. The van der Waals surface area contributed by atoms with E-state index in [1.165, 1.54) is 0 Å². The third-order valence-electron chi connectivity index (χ3n) is 3.31. The standard InChI is InChI=1S/C17H16Cl2N2O2S/c1-11-3-7-13(8-4-11)20-15(22)17(18,24-19)16(23)21-14-9-5-12(2)6-10-14/h3-10H,1-2H3,(H,20,22)(H,21,23). The topological polar surface area (TPSA) is 58.2 Å². The summed E-state index contributed by atoms with van der Waals surface area (Å²) in [5, 5.41) is 5.20. The van der Waals surface area contributed by atoms with Gasteiger partial charge in [0.1, 0.15) is 0 Å². The number of aryl methyl sites for hydroxylation is 2. The third-order valence-corrected chi connectivity index (χ3v) is 5.40. The summed E-state index contributed by atoms with van der Waals surface area (Å²) in [6.07, 6.45) is 0. The van der Waals surface area contributed by atoms with Crippen LogP contribution in [-0.4, -0.2) is 16.0 Å². The molecule has 0 aliphatic rings. The molecule has 0 unspecified atom stereocenters. The Morgan fingerprint density at radius 1 is 0.833 bits per heavy atom. The molecule has 126 valence electrons. The van der Waals surface area contributed by atoms with Gasteiger partial charge in [0.25, 0.3) is 16.0 Å². The van der Waals surface area contributed by atoms with E-state index in [0.29, 0.717) is 22.4 Å². The highest BCUT2D eigenvalue weighted by Crippen LogP contribution is 2.36. The van der Waals surface area contributed by atoms with Crippen molar-refractivity contribution in [1.29, 1.82) is 0 Å². The maximum absolute atomic E-state index is 12.4. The van der Waals surface area contributed by atoms with Crippen LogP contribution < -0.4 is 10.6 Å². The summed E-state index contributed by atoms with van der Waals surface area (Å²) in [4.78, 5) is 24.9. The Balaban J connectivity index is 2.13. The Bertz CT molecular complexity index is 674. The number of alkyl halides is 1. The van der Waals surface area contributed by atoms with Crippen LogP contribution in [-0.2, 0) is 9.59 Å². The lowest BCUT2D eigenvalue weighted by Gasteiger charge is -2.21. The predicted molar refractivity (Wildman–Crippen MR) is 102 cm³/mol. The average Bonchev–Trinajstić information content (AvgIpc) is 2.58. The fraction of sp³-hybridized carbons (Fsp3) is 0.176. The molecule has 0 saturated carbocycles. The fourth-order valence-corrected chi connectivity index (χ4v) is 2.63. The lowest BCUT2D eigenvalue weighted by atomic mass is 10.2. The summed E-state index contributed by atoms with van der Waals surface area (Å²) in [5.41, 5.74) is 3.16. The van der Waals surface area contributed by atoms with Crippen LogP contribution in [0.5, 0.6) is 0 Å². The van der Waals surface area contributed by atoms with Crippen molar-refractivity contribution >= 4 is 56.4 Å². The smallest absolute Gasteiger partial charge is 0.266 e. The molecule has 0 saturated heterocycles. The van der Waals surface area contributed by atoms with Gasteiger partial charge >= 0.3 is 0 Å². The maximum Gasteiger partial charge on any atom is 0.266 e. The molecule has 0 aliphatic carbocycles. The van der Waals surface area contributed by atoms with E-state index in [-0.39, 0.29) is 0 Å². The van der Waals surface area contributed by atoms with Crippen molar-refractivity contribution < 1.29 is 9.59 Å². The van der Waals surface area contributed by atoms with Crippen molar-refractivity contribution in [3.63, 3.8) is 0 Å². The van der Waals surface area contributed by atoms with Crippen molar-refractivity contribution in [2.45, 2.75) is 18.1 Å². The molecule has 2 aromatic rings. The van der Waals surface area contributed by atoms with Gasteiger partial charge in [-0.3, -0.25) is 9.59 Å². The van der Waals surface area contributed by atoms with E-state index < -0.39 is 16.0 Å². The second-order valence-corrected chi connectivity index (χ2v) is 7.33. The molecule has 0 atom stereocenters. The highest BCUT2D eigenvalue weighted by atomic mass is 35.7. The number of halogens is 2. The molecule has 2 aromatic carbocycles. The molecule has 2 amide bonds. The van der Waals surface area contributed by atoms with E-state index in [0.717, 1.165) is 11.1 Å². The molecule has 0 spiro atoms. The van der Waals surface area contributed by atoms with E-state index in [2.05, 4.69) is 10.6 Å². The molecule has 2 rings (SSSR count). The van der Waals surface area contributed by atoms with Crippen molar-refractivity contribution in [3.8, 4) is 0 Å². The van der Waals surface area contributed by atoms with E-state index in [1.807, 2.05) is 38.1 Å². The highest BCUT2D eigenvalue weighted by Gasteiger charge is 2.45. The van der Waals surface area contributed by atoms with Gasteiger partial charge in [-0.15, -0.1) is 0 Å². The minimum Gasteiger partial charge on any atom is -0.323 e. The highest BCUT2D eigenvalue weighted by molar-refractivity contribution is 8.24. The molecule has 24 heavy (non-hydrogen) atoms. The minimum absolute atomic E-state index is 0.447. The number of carbonyl (C=O) groups is 2. The van der Waals surface area contributed by atoms with E-state index >= 15 is 0 Å². The molecule has 0 heterocycles. The number of benzene rings is 2. The van der Waals surface area contributed by atoms with Crippen LogP contribution in [0.25, 0.3) is 0 Å². The SMILES string of the molecule is Cc1ccc(NC(=O)C(Cl)(SCl)C(=O)Nc2ccc(C)cc2)cc1. The number of rotatable bonds is 5. The quantitative estimate of drug-likeness (QED) is 0.581. The summed E-state index contributed by atoms with van der Waals surface area (Å²) in [6, 6.07) is 14.3. The summed E-state index contributed by atoms with van der Waals surface area (Å²) >= 11 is 6.19. The van der Waals surface area contributed by atoms with Crippen LogP contribution in [0, 0.1) is 13.8 Å². The molecule has 0 fully saturated rings. The first-order valence-electron chi connectivity index (χ1n) is 7.10. The Morgan fingerprint density at radius 3 is 1.46 bits per heavy atom. The Kier molecular flexibility index (Phi) is 6.15. The summed E-state index contributed by atoms with van der Waals surface area (Å²) in [7, 11) is 6.19. The zero-order valence-corrected chi connectivity index (χ0v) is 15.4. The normalized spacial score (nSPS) is 11.0. The van der Waals surface area contributed by atoms with E-state index in [1.54, 1.807) is 24.3 Å². The van der Waals surface area contributed by atoms with E-state index in [4.69, 9.17) is 22.3 Å². The lowest BCUT2D eigenvalue weighted by molar-refractivity contribution is -0.124. The first kappa shape index (κ1) is 18.6. The zero-order valence-electron chi connectivity index (χ0n) is 13.1. The number of carbonyl (C=O) groups excluding carboxylic acids is 2. The zero-order chi connectivity index (χ0) is 17.7. The Morgan fingerprint density at radius 2 is 1.17 bits per heavy atom. The van der Waals surface area contributed by atoms with Crippen molar-refractivity contribution in [2.24, 2.45) is 0 Å². The first-order valence-corrected chi connectivity index (χ1v) is 9.12. The van der Waals surface area contributed by atoms with Gasteiger partial charge in [0, 0.05) is 11.4 Å². The minimum atomic E-state index is -1.99. The Hall–Kier alpha value is -1.69. The molecule has 0 aliphatic heterocycles. The lowest BCUT2D eigenvalue weighted by Crippen LogP contribution is -2.44. The van der Waals surface area contributed by atoms with Gasteiger partial charge < -0.3 is 10.6 Å². The number of anilines is 2. The average molecular weight is 383 g/mol. The molecule has 4 nitrogen and oxygen atoms in total. The van der Waals surface area contributed by atoms with Gasteiger partial charge in [-0.25, -0.2) is 0 Å². The molecule has 0 radical (unpaired) electrons. The molecule has 7 heteroatoms. The molecule has 0 bridgehead atoms. The maximum atomic E-state index is 12.4. The fourth-order valence-electron chi connectivity index (χ4n) is 1.87. The van der Waals surface area contributed by atoms with Gasteiger partial charge in [0.2, 0.25) is 0 Å². The van der Waals surface area contributed by atoms with E-state index in [9.17, 15) is 9.59 Å². The number of amides is 2. The van der Waals surface area contributed by atoms with Crippen LogP contribution in [0.4, 0.5) is 11.4 Å². The predicted octanol–water partition coefficient (Wildman–Crippen LogP) is 4.70. The first-order chi connectivity index (χ1) is 11.3. The van der Waals surface area contributed by atoms with Crippen LogP contribution in [0.15, 0.2) is 48.5 Å².